The monoisotopic (exact) mass is 620 g/mol. The van der Waals surface area contributed by atoms with E-state index in [1.54, 1.807) is 45.6 Å². The zero-order valence-electron chi connectivity index (χ0n) is 25.8. The van der Waals surface area contributed by atoms with Crippen molar-refractivity contribution < 1.29 is 4.79 Å². The molecule has 2 aliphatic heterocycles. The number of aryl methyl sites for hydroxylation is 1. The van der Waals surface area contributed by atoms with Gasteiger partial charge in [0, 0.05) is 63.6 Å². The van der Waals surface area contributed by atoms with Gasteiger partial charge in [0.1, 0.15) is 17.5 Å². The number of piperidine rings is 1. The second-order valence-electron chi connectivity index (χ2n) is 12.5. The molecule has 2 aromatic carbocycles. The lowest BCUT2D eigenvalue weighted by Crippen LogP contribution is -2.44. The van der Waals surface area contributed by atoms with Crippen molar-refractivity contribution in [2.24, 2.45) is 7.05 Å². The highest BCUT2D eigenvalue weighted by atomic mass is 32.2. The summed E-state index contributed by atoms with van der Waals surface area (Å²) in [6.07, 6.45) is 7.39. The van der Waals surface area contributed by atoms with Crippen molar-refractivity contribution in [2.45, 2.75) is 48.4 Å². The summed E-state index contributed by atoms with van der Waals surface area (Å²) in [7, 11) is 4.01. The zero-order valence-corrected chi connectivity index (χ0v) is 26.6. The summed E-state index contributed by atoms with van der Waals surface area (Å²) in [5.41, 5.74) is 2.95. The van der Waals surface area contributed by atoms with E-state index >= 15 is 0 Å². The Bertz CT molecular complexity index is 1960. The van der Waals surface area contributed by atoms with Crippen LogP contribution in [0, 0.1) is 0 Å². The first-order valence-corrected chi connectivity index (χ1v) is 16.0. The van der Waals surface area contributed by atoms with Crippen LogP contribution in [0.2, 0.25) is 0 Å². The van der Waals surface area contributed by atoms with E-state index in [0.29, 0.717) is 40.0 Å². The number of ketones is 1. The predicted octanol–water partition coefficient (Wildman–Crippen LogP) is 5.75. The minimum Gasteiger partial charge on any atom is -0.382 e. The third kappa shape index (κ3) is 5.51. The lowest BCUT2D eigenvalue weighted by atomic mass is 9.92. The van der Waals surface area contributed by atoms with Crippen molar-refractivity contribution in [3.8, 4) is 11.4 Å². The molecule has 1 fully saturated rings. The van der Waals surface area contributed by atoms with Crippen molar-refractivity contribution in [1.29, 1.82) is 0 Å². The van der Waals surface area contributed by atoms with Crippen LogP contribution in [0.1, 0.15) is 43.1 Å². The number of Topliss-reactive ketones (excluding diaryl/α,β-unsaturated/α-hetero) is 1. The third-order valence-electron chi connectivity index (χ3n) is 8.76. The fourth-order valence-electron chi connectivity index (χ4n) is 6.36. The molecule has 5 heterocycles. The summed E-state index contributed by atoms with van der Waals surface area (Å²) in [6.45, 7) is 6.20. The lowest BCUT2D eigenvalue weighted by molar-refractivity contribution is 0.0898. The molecule has 10 nitrogen and oxygen atoms in total. The fraction of sp³-hybridized carbons (Fsp3) is 0.324. The van der Waals surface area contributed by atoms with E-state index in [4.69, 9.17) is 4.98 Å². The van der Waals surface area contributed by atoms with Gasteiger partial charge in [-0.3, -0.25) is 14.2 Å². The Balaban J connectivity index is 1.28. The predicted molar refractivity (Wildman–Crippen MR) is 180 cm³/mol. The smallest absolute Gasteiger partial charge is 0.263 e. The highest BCUT2D eigenvalue weighted by Gasteiger charge is 2.45. The summed E-state index contributed by atoms with van der Waals surface area (Å²) < 4.78 is 2.72. The molecule has 45 heavy (non-hydrogen) atoms. The molecular formula is C34H36N8O2S. The van der Waals surface area contributed by atoms with E-state index in [1.807, 2.05) is 57.3 Å². The van der Waals surface area contributed by atoms with Gasteiger partial charge in [-0.15, -0.1) is 11.8 Å². The van der Waals surface area contributed by atoms with Crippen molar-refractivity contribution in [1.82, 2.24) is 29.0 Å². The van der Waals surface area contributed by atoms with Gasteiger partial charge in [0.25, 0.3) is 5.56 Å². The minimum atomic E-state index is -0.805. The Hall–Kier alpha value is -4.48. The number of pyridine rings is 1. The number of rotatable bonds is 6. The molecule has 2 aliphatic rings. The van der Waals surface area contributed by atoms with Gasteiger partial charge in [0.05, 0.1) is 5.56 Å². The number of aromatic nitrogens is 5. The van der Waals surface area contributed by atoms with Gasteiger partial charge in [0.15, 0.2) is 5.78 Å². The Morgan fingerprint density at radius 1 is 0.933 bits per heavy atom. The Morgan fingerprint density at radius 2 is 1.67 bits per heavy atom. The fourth-order valence-corrected chi connectivity index (χ4v) is 7.68. The average molecular weight is 621 g/mol. The van der Waals surface area contributed by atoms with Crippen LogP contribution in [-0.2, 0) is 7.05 Å². The van der Waals surface area contributed by atoms with Gasteiger partial charge in [-0.1, -0.05) is 18.2 Å². The Kier molecular flexibility index (Phi) is 7.45. The SMILES string of the molecule is CN1CCC(Nc2ccc(Nc3ncc4cc(-c5nccn5C)c(=O)n(C5C(=O)c6ccccc6SC5(C)C)c4n3)cc2)CC1. The van der Waals surface area contributed by atoms with Crippen molar-refractivity contribution in [3.05, 3.63) is 89.1 Å². The quantitative estimate of drug-likeness (QED) is 0.245. The molecule has 0 bridgehead atoms. The molecule has 5 aromatic rings. The van der Waals surface area contributed by atoms with E-state index < -0.39 is 10.8 Å². The highest BCUT2D eigenvalue weighted by Crippen LogP contribution is 2.48. The minimum absolute atomic E-state index is 0.115. The molecule has 2 N–H and O–H groups in total. The van der Waals surface area contributed by atoms with Crippen LogP contribution >= 0.6 is 11.8 Å². The molecule has 230 valence electrons. The van der Waals surface area contributed by atoms with Crippen LogP contribution < -0.4 is 16.2 Å². The largest absolute Gasteiger partial charge is 0.382 e. The van der Waals surface area contributed by atoms with Gasteiger partial charge < -0.3 is 20.1 Å². The molecule has 1 unspecified atom stereocenters. The van der Waals surface area contributed by atoms with Gasteiger partial charge in [-0.05, 0) is 83.2 Å². The van der Waals surface area contributed by atoms with Crippen molar-refractivity contribution >= 4 is 45.9 Å². The summed E-state index contributed by atoms with van der Waals surface area (Å²) >= 11 is 1.60. The lowest BCUT2D eigenvalue weighted by Gasteiger charge is -2.39. The first-order valence-electron chi connectivity index (χ1n) is 15.2. The van der Waals surface area contributed by atoms with Crippen molar-refractivity contribution in [2.75, 3.05) is 30.8 Å². The summed E-state index contributed by atoms with van der Waals surface area (Å²) in [6, 6.07) is 17.1. The number of nitrogens with zero attached hydrogens (tertiary/aromatic N) is 6. The number of anilines is 3. The number of thioether (sulfide) groups is 1. The molecular weight excluding hydrogens is 584 g/mol. The van der Waals surface area contributed by atoms with Gasteiger partial charge in [0.2, 0.25) is 5.95 Å². The second kappa shape index (κ2) is 11.5. The van der Waals surface area contributed by atoms with E-state index in [0.717, 1.165) is 42.2 Å². The van der Waals surface area contributed by atoms with Crippen LogP contribution in [0.25, 0.3) is 22.4 Å². The maximum Gasteiger partial charge on any atom is 0.263 e. The number of benzene rings is 2. The summed E-state index contributed by atoms with van der Waals surface area (Å²) in [4.78, 5) is 45.8. The maximum atomic E-state index is 14.4. The number of carbonyl (C=O) groups is 1. The van der Waals surface area contributed by atoms with Gasteiger partial charge in [-0.25, -0.2) is 9.97 Å². The highest BCUT2D eigenvalue weighted by molar-refractivity contribution is 8.00. The first kappa shape index (κ1) is 29.2. The normalized spacial score (nSPS) is 18.6. The summed E-state index contributed by atoms with van der Waals surface area (Å²) in [5.74, 6) is 0.738. The molecule has 0 saturated carbocycles. The molecule has 11 heteroatoms. The zero-order chi connectivity index (χ0) is 31.3. The maximum absolute atomic E-state index is 14.4. The van der Waals surface area contributed by atoms with Gasteiger partial charge in [-0.2, -0.15) is 4.98 Å². The Morgan fingerprint density at radius 3 is 2.40 bits per heavy atom. The molecule has 0 spiro atoms. The van der Waals surface area contributed by atoms with Crippen LogP contribution in [0.5, 0.6) is 0 Å². The number of imidazole rings is 1. The number of carbonyl (C=O) groups excluding carboxylic acids is 1. The first-order chi connectivity index (χ1) is 21.7. The van der Waals surface area contributed by atoms with Crippen molar-refractivity contribution in [3.63, 3.8) is 0 Å². The van der Waals surface area contributed by atoms with E-state index in [9.17, 15) is 9.59 Å². The van der Waals surface area contributed by atoms with E-state index in [-0.39, 0.29) is 11.3 Å². The number of likely N-dealkylation sites (tertiary alicyclic amines) is 1. The molecule has 1 saturated heterocycles. The number of fused-ring (bicyclic) bond motifs is 2. The molecule has 0 radical (unpaired) electrons. The third-order valence-corrected chi connectivity index (χ3v) is 10.1. The molecule has 0 amide bonds. The standard InChI is InChI=1S/C34H36N8O2S/c1-34(2)29(28(43)25-7-5-6-8-27(25)45-34)42-30-21(19-26(32(42)44)31-35-15-18-41(31)4)20-36-33(39-30)38-23-11-9-22(10-12-23)37-24-13-16-40(3)17-14-24/h5-12,15,18-20,24,29,37H,13-14,16-17H2,1-4H3,(H,36,38,39). The number of hydrogen-bond donors (Lipinski definition) is 2. The van der Waals surface area contributed by atoms with Gasteiger partial charge >= 0.3 is 0 Å². The van der Waals surface area contributed by atoms with Crippen LogP contribution in [-0.4, -0.2) is 65.7 Å². The molecule has 0 aliphatic carbocycles. The molecule has 3 aromatic heterocycles. The number of nitrogens with one attached hydrogen (secondary N) is 2. The van der Waals surface area contributed by atoms with E-state index in [2.05, 4.69) is 44.7 Å². The topological polar surface area (TPSA) is 110 Å². The second-order valence-corrected chi connectivity index (χ2v) is 14.2. The van der Waals surface area contributed by atoms with Crippen LogP contribution in [0.15, 0.2) is 82.9 Å². The number of hydrogen-bond acceptors (Lipinski definition) is 9. The average Bonchev–Trinajstić information content (AvgIpc) is 3.45. The summed E-state index contributed by atoms with van der Waals surface area (Å²) in [5, 5.41) is 7.59. The van der Waals surface area contributed by atoms with Crippen LogP contribution in [0.4, 0.5) is 17.3 Å². The Labute approximate surface area is 265 Å². The van der Waals surface area contributed by atoms with Crippen LogP contribution in [0.3, 0.4) is 0 Å². The van der Waals surface area contributed by atoms with E-state index in [1.165, 1.54) is 0 Å². The molecule has 7 rings (SSSR count). The molecule has 1 atom stereocenters.